The molecule has 20 heavy (non-hydrogen) atoms. The van der Waals surface area contributed by atoms with Gasteiger partial charge in [0.05, 0.1) is 12.1 Å². The largest absolute Gasteiger partial charge is 0.348 e. The van der Waals surface area contributed by atoms with Crippen molar-refractivity contribution in [2.24, 2.45) is 11.3 Å². The third-order valence-electron chi connectivity index (χ3n) is 3.05. The molecule has 3 nitrogen and oxygen atoms in total. The number of benzene rings is 1. The molecule has 2 atom stereocenters. The van der Waals surface area contributed by atoms with Crippen molar-refractivity contribution in [3.05, 3.63) is 33.8 Å². The van der Waals surface area contributed by atoms with Crippen molar-refractivity contribution in [1.82, 2.24) is 5.32 Å². The molecule has 0 aliphatic rings. The van der Waals surface area contributed by atoms with E-state index in [4.69, 9.17) is 28.5 Å². The second-order valence-electron chi connectivity index (χ2n) is 5.82. The maximum absolute atomic E-state index is 12.2. The van der Waals surface area contributed by atoms with Crippen LogP contribution in [-0.2, 0) is 4.79 Å². The predicted octanol–water partition coefficient (Wildman–Crippen LogP) is 4.36. The molecule has 0 aliphatic heterocycles. The van der Waals surface area contributed by atoms with Crippen molar-refractivity contribution in [2.45, 2.75) is 33.7 Å². The quantitative estimate of drug-likeness (QED) is 0.901. The van der Waals surface area contributed by atoms with Crippen molar-refractivity contribution in [1.29, 1.82) is 5.26 Å². The van der Waals surface area contributed by atoms with Crippen LogP contribution in [0.1, 0.15) is 39.3 Å². The Morgan fingerprint density at radius 3 is 2.40 bits per heavy atom. The summed E-state index contributed by atoms with van der Waals surface area (Å²) >= 11 is 12.0. The summed E-state index contributed by atoms with van der Waals surface area (Å²) in [5.41, 5.74) is 0.359. The lowest BCUT2D eigenvalue weighted by Crippen LogP contribution is -2.38. The Morgan fingerprint density at radius 1 is 1.35 bits per heavy atom. The van der Waals surface area contributed by atoms with Crippen molar-refractivity contribution in [2.75, 3.05) is 0 Å². The zero-order valence-electron chi connectivity index (χ0n) is 12.0. The molecule has 1 rings (SSSR count). The number of amides is 1. The molecule has 108 valence electrons. The van der Waals surface area contributed by atoms with E-state index in [1.807, 2.05) is 27.7 Å². The number of nitriles is 1. The topological polar surface area (TPSA) is 52.9 Å². The number of nitrogens with zero attached hydrogens (tertiary/aromatic N) is 1. The van der Waals surface area contributed by atoms with Gasteiger partial charge in [-0.05, 0) is 30.0 Å². The Kier molecular flexibility index (Phi) is 5.44. The van der Waals surface area contributed by atoms with Crippen LogP contribution < -0.4 is 5.32 Å². The van der Waals surface area contributed by atoms with Crippen LogP contribution in [-0.4, -0.2) is 5.91 Å². The van der Waals surface area contributed by atoms with Gasteiger partial charge in [0.1, 0.15) is 5.92 Å². The first-order valence-corrected chi connectivity index (χ1v) is 7.07. The smallest absolute Gasteiger partial charge is 0.238 e. The molecule has 1 amide bonds. The number of halogens is 2. The SMILES string of the molecule is C[C@H](NC(=O)[C@H](C#N)C(C)(C)C)c1ccc(Cl)cc1Cl. The summed E-state index contributed by atoms with van der Waals surface area (Å²) in [6, 6.07) is 6.89. The Bertz CT molecular complexity index is 544. The van der Waals surface area contributed by atoms with E-state index in [1.54, 1.807) is 18.2 Å². The fraction of sp³-hybridized carbons (Fsp3) is 0.467. The van der Waals surface area contributed by atoms with Gasteiger partial charge in [-0.25, -0.2) is 0 Å². The van der Waals surface area contributed by atoms with Crippen molar-refractivity contribution >= 4 is 29.1 Å². The van der Waals surface area contributed by atoms with Crippen molar-refractivity contribution in [3.63, 3.8) is 0 Å². The molecule has 1 N–H and O–H groups in total. The van der Waals surface area contributed by atoms with Crippen LogP contribution in [0.4, 0.5) is 0 Å². The summed E-state index contributed by atoms with van der Waals surface area (Å²) in [6.07, 6.45) is 0. The third-order valence-corrected chi connectivity index (χ3v) is 3.61. The minimum absolute atomic E-state index is 0.287. The zero-order valence-corrected chi connectivity index (χ0v) is 13.5. The Labute approximate surface area is 129 Å². The minimum atomic E-state index is -0.712. The highest BCUT2D eigenvalue weighted by Crippen LogP contribution is 2.29. The fourth-order valence-electron chi connectivity index (χ4n) is 1.87. The summed E-state index contributed by atoms with van der Waals surface area (Å²) in [5, 5.41) is 13.0. The first kappa shape index (κ1) is 16.8. The average molecular weight is 313 g/mol. The van der Waals surface area contributed by atoms with E-state index in [2.05, 4.69) is 11.4 Å². The van der Waals surface area contributed by atoms with E-state index in [1.165, 1.54) is 0 Å². The third kappa shape index (κ3) is 4.13. The predicted molar refractivity (Wildman–Crippen MR) is 81.6 cm³/mol. The molecule has 0 aliphatic carbocycles. The number of nitrogens with one attached hydrogen (secondary N) is 1. The van der Waals surface area contributed by atoms with Crippen LogP contribution >= 0.6 is 23.2 Å². The van der Waals surface area contributed by atoms with Gasteiger partial charge in [0.2, 0.25) is 5.91 Å². The van der Waals surface area contributed by atoms with Gasteiger partial charge in [0.15, 0.2) is 0 Å². The van der Waals surface area contributed by atoms with E-state index in [9.17, 15) is 4.79 Å². The van der Waals surface area contributed by atoms with Gasteiger partial charge in [0.25, 0.3) is 0 Å². The molecule has 0 unspecified atom stereocenters. The van der Waals surface area contributed by atoms with E-state index in [0.717, 1.165) is 5.56 Å². The maximum Gasteiger partial charge on any atom is 0.238 e. The number of carbonyl (C=O) groups is 1. The van der Waals surface area contributed by atoms with Crippen LogP contribution in [0.2, 0.25) is 10.0 Å². The van der Waals surface area contributed by atoms with Crippen LogP contribution in [0.5, 0.6) is 0 Å². The summed E-state index contributed by atoms with van der Waals surface area (Å²) < 4.78 is 0. The van der Waals surface area contributed by atoms with E-state index in [0.29, 0.717) is 10.0 Å². The Hall–Kier alpha value is -1.24. The second-order valence-corrected chi connectivity index (χ2v) is 6.67. The second kappa shape index (κ2) is 6.47. The number of hydrogen-bond donors (Lipinski definition) is 1. The van der Waals surface area contributed by atoms with Gasteiger partial charge in [-0.1, -0.05) is 50.0 Å². The van der Waals surface area contributed by atoms with Crippen molar-refractivity contribution in [3.8, 4) is 6.07 Å². The first-order valence-electron chi connectivity index (χ1n) is 6.31. The molecular weight excluding hydrogens is 295 g/mol. The lowest BCUT2D eigenvalue weighted by molar-refractivity contribution is -0.126. The molecule has 0 fully saturated rings. The van der Waals surface area contributed by atoms with E-state index in [-0.39, 0.29) is 11.9 Å². The molecule has 0 aromatic heterocycles. The van der Waals surface area contributed by atoms with Gasteiger partial charge in [-0.2, -0.15) is 5.26 Å². The van der Waals surface area contributed by atoms with Crippen LogP contribution in [0.25, 0.3) is 0 Å². The molecule has 0 spiro atoms. The fourth-order valence-corrected chi connectivity index (χ4v) is 2.44. The molecule has 1 aromatic rings. The normalized spacial score (nSPS) is 14.2. The summed E-state index contributed by atoms with van der Waals surface area (Å²) in [5.74, 6) is -1.01. The zero-order chi connectivity index (χ0) is 15.5. The van der Waals surface area contributed by atoms with E-state index < -0.39 is 11.3 Å². The maximum atomic E-state index is 12.2. The standard InChI is InChI=1S/C15H18Cl2N2O/c1-9(11-6-5-10(16)7-13(11)17)19-14(20)12(8-18)15(2,3)4/h5-7,9,12H,1-4H3,(H,19,20)/t9-,12-/m0/s1. The van der Waals surface area contributed by atoms with Crippen LogP contribution in [0, 0.1) is 22.7 Å². The highest BCUT2D eigenvalue weighted by Gasteiger charge is 2.32. The van der Waals surface area contributed by atoms with Gasteiger partial charge >= 0.3 is 0 Å². The lowest BCUT2D eigenvalue weighted by Gasteiger charge is -2.25. The summed E-state index contributed by atoms with van der Waals surface area (Å²) in [7, 11) is 0. The molecule has 1 aromatic carbocycles. The molecule has 0 saturated heterocycles. The molecule has 0 heterocycles. The minimum Gasteiger partial charge on any atom is -0.348 e. The van der Waals surface area contributed by atoms with Gasteiger partial charge < -0.3 is 5.32 Å². The number of carbonyl (C=O) groups excluding carboxylic acids is 1. The number of rotatable bonds is 3. The van der Waals surface area contributed by atoms with Crippen LogP contribution in [0.15, 0.2) is 18.2 Å². The summed E-state index contributed by atoms with van der Waals surface area (Å²) in [4.78, 5) is 12.2. The summed E-state index contributed by atoms with van der Waals surface area (Å²) in [6.45, 7) is 7.41. The molecule has 0 saturated carbocycles. The number of hydrogen-bond acceptors (Lipinski definition) is 2. The molecule has 0 bridgehead atoms. The Morgan fingerprint density at radius 2 is 1.95 bits per heavy atom. The molecule has 0 radical (unpaired) electrons. The highest BCUT2D eigenvalue weighted by atomic mass is 35.5. The van der Waals surface area contributed by atoms with E-state index >= 15 is 0 Å². The Balaban J connectivity index is 2.88. The average Bonchev–Trinajstić information content (AvgIpc) is 2.27. The molecule has 5 heteroatoms. The monoisotopic (exact) mass is 312 g/mol. The molecular formula is C15H18Cl2N2O. The lowest BCUT2D eigenvalue weighted by atomic mass is 9.81. The first-order chi connectivity index (χ1) is 9.16. The van der Waals surface area contributed by atoms with Crippen molar-refractivity contribution < 1.29 is 4.79 Å². The highest BCUT2D eigenvalue weighted by molar-refractivity contribution is 6.35. The van der Waals surface area contributed by atoms with Crippen LogP contribution in [0.3, 0.4) is 0 Å². The van der Waals surface area contributed by atoms with Gasteiger partial charge in [-0.3, -0.25) is 4.79 Å². The van der Waals surface area contributed by atoms with Gasteiger partial charge in [-0.15, -0.1) is 0 Å². The van der Waals surface area contributed by atoms with Gasteiger partial charge in [0, 0.05) is 10.0 Å².